The minimum atomic E-state index is -0.0300. The fraction of sp³-hybridized carbons (Fsp3) is 0.538. The molecule has 0 radical (unpaired) electrons. The molecule has 1 unspecified atom stereocenters. The molecule has 0 aromatic carbocycles. The highest BCUT2D eigenvalue weighted by molar-refractivity contribution is 5.84. The fourth-order valence-electron chi connectivity index (χ4n) is 2.31. The minimum Gasteiger partial charge on any atom is -0.409 e. The molecule has 0 aliphatic carbocycles. The molecule has 2 heterocycles. The number of aromatic nitrogens is 1. The summed E-state index contributed by atoms with van der Waals surface area (Å²) in [5.41, 5.74) is 6.68. The Morgan fingerprint density at radius 1 is 1.37 bits per heavy atom. The lowest BCUT2D eigenvalue weighted by Crippen LogP contribution is -2.53. The number of rotatable bonds is 3. The number of oxime groups is 1. The third-order valence-electron chi connectivity index (χ3n) is 3.60. The lowest BCUT2D eigenvalue weighted by Gasteiger charge is -2.38. The van der Waals surface area contributed by atoms with E-state index in [2.05, 4.69) is 19.9 Å². The standard InChI is InChI=1S/C13H21N5O/c1-10-4-3-5-12(15-10)18-8-6-17(7-9-18)11(2)13(14)16-19/h3-5,11,19H,6-9H2,1-2H3,(H2,14,16). The van der Waals surface area contributed by atoms with Crippen LogP contribution in [0.1, 0.15) is 12.6 Å². The van der Waals surface area contributed by atoms with Crippen LogP contribution in [0.25, 0.3) is 0 Å². The molecule has 1 atom stereocenters. The van der Waals surface area contributed by atoms with E-state index in [9.17, 15) is 0 Å². The van der Waals surface area contributed by atoms with Gasteiger partial charge in [-0.3, -0.25) is 4.90 Å². The van der Waals surface area contributed by atoms with Gasteiger partial charge in [-0.1, -0.05) is 11.2 Å². The van der Waals surface area contributed by atoms with E-state index in [0.717, 1.165) is 37.7 Å². The third kappa shape index (κ3) is 3.14. The molecule has 1 aliphatic heterocycles. The second kappa shape index (κ2) is 5.88. The Morgan fingerprint density at radius 2 is 2.05 bits per heavy atom. The van der Waals surface area contributed by atoms with Crippen molar-refractivity contribution in [1.29, 1.82) is 0 Å². The van der Waals surface area contributed by atoms with Gasteiger partial charge < -0.3 is 15.8 Å². The zero-order chi connectivity index (χ0) is 13.8. The summed E-state index contributed by atoms with van der Waals surface area (Å²) in [7, 11) is 0. The summed E-state index contributed by atoms with van der Waals surface area (Å²) in [5.74, 6) is 1.29. The first-order chi connectivity index (χ1) is 9.11. The summed E-state index contributed by atoms with van der Waals surface area (Å²) in [6, 6.07) is 6.04. The van der Waals surface area contributed by atoms with Crippen molar-refractivity contribution in [2.24, 2.45) is 10.9 Å². The SMILES string of the molecule is Cc1cccc(N2CCN(C(C)C(N)=NO)CC2)n1. The molecule has 1 fully saturated rings. The molecule has 2 rings (SSSR count). The van der Waals surface area contributed by atoms with Crippen LogP contribution >= 0.6 is 0 Å². The highest BCUT2D eigenvalue weighted by Gasteiger charge is 2.23. The number of anilines is 1. The maximum Gasteiger partial charge on any atom is 0.156 e. The minimum absolute atomic E-state index is 0.0300. The van der Waals surface area contributed by atoms with Gasteiger partial charge in [0.25, 0.3) is 0 Å². The maximum atomic E-state index is 8.71. The number of amidine groups is 1. The normalized spacial score (nSPS) is 19.5. The number of hydrogen-bond donors (Lipinski definition) is 2. The first kappa shape index (κ1) is 13.6. The van der Waals surface area contributed by atoms with Crippen LogP contribution in [-0.2, 0) is 0 Å². The van der Waals surface area contributed by atoms with Crippen LogP contribution in [0.15, 0.2) is 23.4 Å². The van der Waals surface area contributed by atoms with Crippen LogP contribution in [0.3, 0.4) is 0 Å². The van der Waals surface area contributed by atoms with E-state index in [1.54, 1.807) is 0 Å². The second-order valence-corrected chi connectivity index (χ2v) is 4.86. The average Bonchev–Trinajstić information content (AvgIpc) is 2.46. The molecular weight excluding hydrogens is 242 g/mol. The Labute approximate surface area is 113 Å². The number of aryl methyl sites for hydroxylation is 1. The molecule has 0 bridgehead atoms. The van der Waals surface area contributed by atoms with Gasteiger partial charge in [-0.25, -0.2) is 4.98 Å². The number of nitrogens with two attached hydrogens (primary N) is 1. The summed E-state index contributed by atoms with van der Waals surface area (Å²) in [6.45, 7) is 7.52. The fourth-order valence-corrected chi connectivity index (χ4v) is 2.31. The van der Waals surface area contributed by atoms with Crippen LogP contribution in [0.4, 0.5) is 5.82 Å². The molecule has 3 N–H and O–H groups in total. The summed E-state index contributed by atoms with van der Waals surface area (Å²) < 4.78 is 0. The van der Waals surface area contributed by atoms with Gasteiger partial charge in [0.15, 0.2) is 5.84 Å². The molecule has 1 saturated heterocycles. The predicted octanol–water partition coefficient (Wildman–Crippen LogP) is 0.647. The molecule has 1 aromatic heterocycles. The van der Waals surface area contributed by atoms with Gasteiger partial charge in [-0.2, -0.15) is 0 Å². The van der Waals surface area contributed by atoms with Crippen molar-refractivity contribution in [3.63, 3.8) is 0 Å². The molecular formula is C13H21N5O. The van der Waals surface area contributed by atoms with E-state index in [0.29, 0.717) is 0 Å². The van der Waals surface area contributed by atoms with Crippen molar-refractivity contribution in [3.05, 3.63) is 23.9 Å². The van der Waals surface area contributed by atoms with Gasteiger partial charge in [0.05, 0.1) is 6.04 Å². The number of nitrogens with zero attached hydrogens (tertiary/aromatic N) is 4. The van der Waals surface area contributed by atoms with Crippen LogP contribution < -0.4 is 10.6 Å². The molecule has 1 aliphatic rings. The van der Waals surface area contributed by atoms with Crippen molar-refractivity contribution in [2.45, 2.75) is 19.9 Å². The number of hydrogen-bond acceptors (Lipinski definition) is 5. The highest BCUT2D eigenvalue weighted by atomic mass is 16.4. The van der Waals surface area contributed by atoms with Crippen molar-refractivity contribution >= 4 is 11.7 Å². The molecule has 0 spiro atoms. The Morgan fingerprint density at radius 3 is 2.63 bits per heavy atom. The molecule has 0 amide bonds. The summed E-state index contributed by atoms with van der Waals surface area (Å²) in [4.78, 5) is 9.01. The zero-order valence-corrected chi connectivity index (χ0v) is 11.5. The predicted molar refractivity (Wildman–Crippen MR) is 75.6 cm³/mol. The molecule has 19 heavy (non-hydrogen) atoms. The first-order valence-electron chi connectivity index (χ1n) is 6.52. The largest absolute Gasteiger partial charge is 0.409 e. The van der Waals surface area contributed by atoms with Crippen molar-refractivity contribution in [2.75, 3.05) is 31.1 Å². The van der Waals surface area contributed by atoms with E-state index in [1.165, 1.54) is 0 Å². The van der Waals surface area contributed by atoms with Crippen LogP contribution in [0.2, 0.25) is 0 Å². The van der Waals surface area contributed by atoms with E-state index in [1.807, 2.05) is 32.0 Å². The Kier molecular flexibility index (Phi) is 4.21. The van der Waals surface area contributed by atoms with Gasteiger partial charge >= 0.3 is 0 Å². The van der Waals surface area contributed by atoms with E-state index in [-0.39, 0.29) is 11.9 Å². The molecule has 0 saturated carbocycles. The summed E-state index contributed by atoms with van der Waals surface area (Å²) in [5, 5.41) is 11.8. The average molecular weight is 263 g/mol. The third-order valence-corrected chi connectivity index (χ3v) is 3.60. The summed E-state index contributed by atoms with van der Waals surface area (Å²) in [6.07, 6.45) is 0. The van der Waals surface area contributed by atoms with Crippen molar-refractivity contribution in [1.82, 2.24) is 9.88 Å². The molecule has 6 nitrogen and oxygen atoms in total. The van der Waals surface area contributed by atoms with Gasteiger partial charge in [0, 0.05) is 31.9 Å². The number of piperazine rings is 1. The van der Waals surface area contributed by atoms with Gasteiger partial charge in [-0.05, 0) is 26.0 Å². The van der Waals surface area contributed by atoms with Gasteiger partial charge in [0.1, 0.15) is 5.82 Å². The van der Waals surface area contributed by atoms with E-state index >= 15 is 0 Å². The smallest absolute Gasteiger partial charge is 0.156 e. The lowest BCUT2D eigenvalue weighted by molar-refractivity contribution is 0.230. The first-order valence-corrected chi connectivity index (χ1v) is 6.52. The van der Waals surface area contributed by atoms with Gasteiger partial charge in [-0.15, -0.1) is 0 Å². The monoisotopic (exact) mass is 263 g/mol. The quantitative estimate of drug-likeness (QED) is 0.362. The Balaban J connectivity index is 1.96. The van der Waals surface area contributed by atoms with E-state index < -0.39 is 0 Å². The molecule has 6 heteroatoms. The highest BCUT2D eigenvalue weighted by Crippen LogP contribution is 2.15. The van der Waals surface area contributed by atoms with Crippen LogP contribution in [0, 0.1) is 6.92 Å². The number of pyridine rings is 1. The Hall–Kier alpha value is -1.82. The summed E-state index contributed by atoms with van der Waals surface area (Å²) >= 11 is 0. The topological polar surface area (TPSA) is 78.0 Å². The van der Waals surface area contributed by atoms with Crippen LogP contribution in [-0.4, -0.2) is 53.1 Å². The van der Waals surface area contributed by atoms with Gasteiger partial charge in [0.2, 0.25) is 0 Å². The van der Waals surface area contributed by atoms with Crippen molar-refractivity contribution in [3.8, 4) is 0 Å². The Bertz CT molecular complexity index is 454. The van der Waals surface area contributed by atoms with Crippen molar-refractivity contribution < 1.29 is 5.21 Å². The molecule has 104 valence electrons. The molecule has 1 aromatic rings. The second-order valence-electron chi connectivity index (χ2n) is 4.86. The maximum absolute atomic E-state index is 8.71. The van der Waals surface area contributed by atoms with E-state index in [4.69, 9.17) is 10.9 Å². The zero-order valence-electron chi connectivity index (χ0n) is 11.5. The lowest BCUT2D eigenvalue weighted by atomic mass is 10.2. The van der Waals surface area contributed by atoms with Crippen LogP contribution in [0.5, 0.6) is 0 Å².